The van der Waals surface area contributed by atoms with E-state index in [-0.39, 0.29) is 0 Å². The Balaban J connectivity index is 2.82. The number of nitrogens with zero attached hydrogens (tertiary/aromatic N) is 4. The van der Waals surface area contributed by atoms with E-state index in [0.29, 0.717) is 16.5 Å². The summed E-state index contributed by atoms with van der Waals surface area (Å²) >= 11 is 5.74. The summed E-state index contributed by atoms with van der Waals surface area (Å²) in [5, 5.41) is 12.2. The lowest BCUT2D eigenvalue weighted by molar-refractivity contribution is 0.824. The maximum absolute atomic E-state index is 5.74. The molecule has 2 aromatic heterocycles. The van der Waals surface area contributed by atoms with Crippen LogP contribution < -0.4 is 5.73 Å². The summed E-state index contributed by atoms with van der Waals surface area (Å²) in [6.45, 7) is 1.97. The van der Waals surface area contributed by atoms with Crippen LogP contribution in [0.5, 0.6) is 0 Å². The quantitative estimate of drug-likeness (QED) is 0.738. The van der Waals surface area contributed by atoms with E-state index in [1.54, 1.807) is 10.6 Å². The summed E-state index contributed by atoms with van der Waals surface area (Å²) in [5.41, 5.74) is 6.73. The van der Waals surface area contributed by atoms with Crippen molar-refractivity contribution in [2.75, 3.05) is 5.73 Å². The molecular weight excluding hydrogens is 190 g/mol. The average molecular weight is 198 g/mol. The van der Waals surface area contributed by atoms with Crippen molar-refractivity contribution < 1.29 is 0 Å². The Morgan fingerprint density at radius 3 is 3.00 bits per heavy atom. The van der Waals surface area contributed by atoms with Crippen LogP contribution in [-0.2, 0) is 6.42 Å². The molecule has 0 fully saturated rings. The number of nitrogen functional groups attached to an aromatic ring is 1. The molecule has 0 aliphatic carbocycles. The summed E-state index contributed by atoms with van der Waals surface area (Å²) in [6.07, 6.45) is 0.744. The van der Waals surface area contributed by atoms with Crippen LogP contribution in [-0.4, -0.2) is 19.8 Å². The lowest BCUT2D eigenvalue weighted by Crippen LogP contribution is -2.00. The molecule has 2 rings (SSSR count). The van der Waals surface area contributed by atoms with Gasteiger partial charge in [-0.15, -0.1) is 10.2 Å². The predicted molar refractivity (Wildman–Crippen MR) is 49.6 cm³/mol. The highest BCUT2D eigenvalue weighted by Gasteiger charge is 2.08. The Morgan fingerprint density at radius 1 is 1.54 bits per heavy atom. The Morgan fingerprint density at radius 2 is 2.31 bits per heavy atom. The fraction of sp³-hybridized carbons (Fsp3) is 0.286. The maximum Gasteiger partial charge on any atom is 0.200 e. The molecule has 6 heteroatoms. The standard InChI is InChI=1S/C7H8ClN5/c1-2-6-10-11-7-4(9)3-5(8)12-13(6)7/h3H,2,9H2,1H3. The highest BCUT2D eigenvalue weighted by atomic mass is 35.5. The number of nitrogens with two attached hydrogens (primary N) is 1. The zero-order valence-electron chi connectivity index (χ0n) is 7.03. The maximum atomic E-state index is 5.74. The Labute approximate surface area is 79.5 Å². The topological polar surface area (TPSA) is 69.1 Å². The predicted octanol–water partition coefficient (Wildman–Crippen LogP) is 0.922. The number of fused-ring (bicyclic) bond motifs is 1. The van der Waals surface area contributed by atoms with E-state index in [0.717, 1.165) is 12.2 Å². The van der Waals surface area contributed by atoms with Gasteiger partial charge >= 0.3 is 0 Å². The minimum absolute atomic E-state index is 0.347. The molecule has 5 nitrogen and oxygen atoms in total. The monoisotopic (exact) mass is 197 g/mol. The van der Waals surface area contributed by atoms with Crippen molar-refractivity contribution in [1.29, 1.82) is 0 Å². The molecular formula is C7H8ClN5. The molecule has 0 radical (unpaired) electrons. The highest BCUT2D eigenvalue weighted by Crippen LogP contribution is 2.15. The first-order chi connectivity index (χ1) is 6.22. The molecule has 0 amide bonds. The third-order valence-corrected chi connectivity index (χ3v) is 1.93. The second-order valence-electron chi connectivity index (χ2n) is 2.63. The third kappa shape index (κ3) is 1.21. The largest absolute Gasteiger partial charge is 0.396 e. The first-order valence-electron chi connectivity index (χ1n) is 3.88. The molecule has 0 bridgehead atoms. The van der Waals surface area contributed by atoms with Crippen molar-refractivity contribution in [3.05, 3.63) is 17.0 Å². The number of anilines is 1. The summed E-state index contributed by atoms with van der Waals surface area (Å²) in [5.74, 6) is 0.754. The van der Waals surface area contributed by atoms with Gasteiger partial charge in [-0.1, -0.05) is 18.5 Å². The van der Waals surface area contributed by atoms with Crippen LogP contribution in [0.25, 0.3) is 5.65 Å². The molecule has 68 valence electrons. The molecule has 2 heterocycles. The van der Waals surface area contributed by atoms with Gasteiger partial charge in [0.1, 0.15) is 0 Å². The average Bonchev–Trinajstić information content (AvgIpc) is 2.47. The van der Waals surface area contributed by atoms with Crippen LogP contribution in [0, 0.1) is 0 Å². The first kappa shape index (κ1) is 8.25. The minimum Gasteiger partial charge on any atom is -0.396 e. The second kappa shape index (κ2) is 2.85. The normalized spacial score (nSPS) is 10.9. The summed E-state index contributed by atoms with van der Waals surface area (Å²) < 4.78 is 1.57. The SMILES string of the molecule is CCc1nnc2c(N)cc(Cl)nn12. The number of rotatable bonds is 1. The zero-order valence-corrected chi connectivity index (χ0v) is 7.78. The Hall–Kier alpha value is -1.36. The van der Waals surface area contributed by atoms with Gasteiger partial charge in [0.2, 0.25) is 5.65 Å². The fourth-order valence-electron chi connectivity index (χ4n) is 1.13. The van der Waals surface area contributed by atoms with Crippen LogP contribution in [0.4, 0.5) is 5.69 Å². The van der Waals surface area contributed by atoms with Gasteiger partial charge in [0.25, 0.3) is 0 Å². The molecule has 0 saturated heterocycles. The lowest BCUT2D eigenvalue weighted by Gasteiger charge is -1.98. The third-order valence-electron chi connectivity index (χ3n) is 1.75. The van der Waals surface area contributed by atoms with E-state index >= 15 is 0 Å². The van der Waals surface area contributed by atoms with E-state index < -0.39 is 0 Å². The molecule has 0 atom stereocenters. The van der Waals surface area contributed by atoms with Crippen LogP contribution in [0.15, 0.2) is 6.07 Å². The minimum atomic E-state index is 0.347. The molecule has 2 N–H and O–H groups in total. The number of aryl methyl sites for hydroxylation is 1. The van der Waals surface area contributed by atoms with E-state index in [4.69, 9.17) is 17.3 Å². The van der Waals surface area contributed by atoms with E-state index in [1.807, 2.05) is 6.92 Å². The molecule has 2 aromatic rings. The first-order valence-corrected chi connectivity index (χ1v) is 4.26. The Kier molecular flexibility index (Phi) is 1.81. The van der Waals surface area contributed by atoms with Gasteiger partial charge in [0.05, 0.1) is 5.69 Å². The van der Waals surface area contributed by atoms with Gasteiger partial charge in [-0.3, -0.25) is 0 Å². The van der Waals surface area contributed by atoms with Crippen LogP contribution in [0.2, 0.25) is 5.15 Å². The lowest BCUT2D eigenvalue weighted by atomic mass is 10.4. The van der Waals surface area contributed by atoms with Gasteiger partial charge in [-0.05, 0) is 0 Å². The van der Waals surface area contributed by atoms with Crippen molar-refractivity contribution in [1.82, 2.24) is 19.8 Å². The highest BCUT2D eigenvalue weighted by molar-refractivity contribution is 6.29. The molecule has 0 aliphatic rings. The zero-order chi connectivity index (χ0) is 9.42. The van der Waals surface area contributed by atoms with Gasteiger partial charge in [0.15, 0.2) is 11.0 Å². The summed E-state index contributed by atoms with van der Waals surface area (Å²) in [7, 11) is 0. The summed E-state index contributed by atoms with van der Waals surface area (Å²) in [4.78, 5) is 0. The van der Waals surface area contributed by atoms with Gasteiger partial charge in [-0.25, -0.2) is 0 Å². The second-order valence-corrected chi connectivity index (χ2v) is 3.01. The molecule has 0 spiro atoms. The summed E-state index contributed by atoms with van der Waals surface area (Å²) in [6, 6.07) is 1.56. The molecule has 0 saturated carbocycles. The van der Waals surface area contributed by atoms with Crippen LogP contribution >= 0.6 is 11.6 Å². The smallest absolute Gasteiger partial charge is 0.200 e. The Bertz CT molecular complexity index is 449. The molecule has 0 unspecified atom stereocenters. The van der Waals surface area contributed by atoms with E-state index in [1.165, 1.54) is 0 Å². The number of hydrogen-bond acceptors (Lipinski definition) is 4. The van der Waals surface area contributed by atoms with Crippen molar-refractivity contribution in [3.8, 4) is 0 Å². The van der Waals surface area contributed by atoms with Crippen molar-refractivity contribution >= 4 is 22.9 Å². The van der Waals surface area contributed by atoms with Crippen molar-refractivity contribution in [3.63, 3.8) is 0 Å². The van der Waals surface area contributed by atoms with Crippen molar-refractivity contribution in [2.45, 2.75) is 13.3 Å². The van der Waals surface area contributed by atoms with Gasteiger partial charge in [-0.2, -0.15) is 9.61 Å². The molecule has 0 aliphatic heterocycles. The molecule has 0 aromatic carbocycles. The number of halogens is 1. The van der Waals surface area contributed by atoms with Gasteiger partial charge < -0.3 is 5.73 Å². The van der Waals surface area contributed by atoms with E-state index in [9.17, 15) is 0 Å². The van der Waals surface area contributed by atoms with Crippen LogP contribution in [0.3, 0.4) is 0 Å². The number of aromatic nitrogens is 4. The van der Waals surface area contributed by atoms with E-state index in [2.05, 4.69) is 15.3 Å². The van der Waals surface area contributed by atoms with Crippen molar-refractivity contribution in [2.24, 2.45) is 0 Å². The van der Waals surface area contributed by atoms with Crippen LogP contribution in [0.1, 0.15) is 12.7 Å². The fourth-order valence-corrected chi connectivity index (χ4v) is 1.33. The number of hydrogen-bond donors (Lipinski definition) is 1. The van der Waals surface area contributed by atoms with Gasteiger partial charge in [0, 0.05) is 12.5 Å². The molecule has 13 heavy (non-hydrogen) atoms.